The van der Waals surface area contributed by atoms with Gasteiger partial charge in [-0.15, -0.1) is 16.4 Å². The third kappa shape index (κ3) is 2.93. The maximum Gasteiger partial charge on any atom is 0.259 e. The average molecular weight is 329 g/mol. The van der Waals surface area contributed by atoms with E-state index in [9.17, 15) is 4.79 Å². The van der Waals surface area contributed by atoms with Crippen molar-refractivity contribution in [2.24, 2.45) is 0 Å². The predicted molar refractivity (Wildman–Crippen MR) is 87.5 cm³/mol. The van der Waals surface area contributed by atoms with Crippen LogP contribution in [0, 0.1) is 13.8 Å². The number of anilines is 1. The Kier molecular flexibility index (Phi) is 4.07. The molecule has 0 bridgehead atoms. The van der Waals surface area contributed by atoms with Crippen molar-refractivity contribution in [3.8, 4) is 10.8 Å². The molecule has 0 saturated heterocycles. The summed E-state index contributed by atoms with van der Waals surface area (Å²) in [6.45, 7) is 3.89. The molecule has 2 aromatic heterocycles. The van der Waals surface area contributed by atoms with Crippen LogP contribution in [-0.4, -0.2) is 33.2 Å². The van der Waals surface area contributed by atoms with E-state index < -0.39 is 0 Å². The lowest BCUT2D eigenvalue weighted by Crippen LogP contribution is -2.15. The predicted octanol–water partition coefficient (Wildman–Crippen LogP) is 2.60. The summed E-state index contributed by atoms with van der Waals surface area (Å²) in [6, 6.07) is 7.18. The second kappa shape index (κ2) is 6.17. The number of benzene rings is 1. The van der Waals surface area contributed by atoms with Gasteiger partial charge in [-0.25, -0.2) is 0 Å². The number of amides is 1. The quantitative estimate of drug-likeness (QED) is 0.795. The fourth-order valence-corrected chi connectivity index (χ4v) is 3.23. The maximum atomic E-state index is 12.7. The van der Waals surface area contributed by atoms with Crippen LogP contribution in [0.5, 0.6) is 5.75 Å². The Morgan fingerprint density at radius 3 is 2.61 bits per heavy atom. The topological polar surface area (TPSA) is 81.9 Å². The van der Waals surface area contributed by atoms with Gasteiger partial charge in [0, 0.05) is 10.6 Å². The number of aromatic nitrogens is 4. The first-order chi connectivity index (χ1) is 11.1. The highest BCUT2D eigenvalue weighted by atomic mass is 32.1. The third-order valence-corrected chi connectivity index (χ3v) is 4.70. The normalized spacial score (nSPS) is 10.6. The van der Waals surface area contributed by atoms with E-state index in [0.29, 0.717) is 16.3 Å². The fourth-order valence-electron chi connectivity index (χ4n) is 2.16. The van der Waals surface area contributed by atoms with Crippen molar-refractivity contribution in [2.45, 2.75) is 13.8 Å². The molecular formula is C15H15N5O2S. The van der Waals surface area contributed by atoms with Crippen molar-refractivity contribution in [1.82, 2.24) is 20.2 Å². The van der Waals surface area contributed by atoms with E-state index in [0.717, 1.165) is 16.2 Å². The molecule has 1 N–H and O–H groups in total. The Balaban J connectivity index is 1.92. The van der Waals surface area contributed by atoms with E-state index in [1.54, 1.807) is 31.4 Å². The van der Waals surface area contributed by atoms with E-state index in [-0.39, 0.29) is 5.91 Å². The van der Waals surface area contributed by atoms with Gasteiger partial charge in [-0.3, -0.25) is 4.79 Å². The zero-order valence-electron chi connectivity index (χ0n) is 12.9. The lowest BCUT2D eigenvalue weighted by Gasteiger charge is -2.08. The summed E-state index contributed by atoms with van der Waals surface area (Å²) in [5.74, 6) is 0.544. The molecule has 7 nitrogen and oxygen atoms in total. The minimum Gasteiger partial charge on any atom is -0.497 e. The van der Waals surface area contributed by atoms with Crippen molar-refractivity contribution in [3.05, 3.63) is 46.6 Å². The number of carbonyl (C=O) groups excluding carboxylic acids is 1. The number of tetrazole rings is 1. The second-order valence-corrected chi connectivity index (χ2v) is 6.10. The molecule has 3 rings (SSSR count). The van der Waals surface area contributed by atoms with Crippen molar-refractivity contribution >= 4 is 22.9 Å². The molecule has 0 atom stereocenters. The monoisotopic (exact) mass is 329 g/mol. The van der Waals surface area contributed by atoms with Gasteiger partial charge in [-0.05, 0) is 54.1 Å². The number of thiophene rings is 1. The summed E-state index contributed by atoms with van der Waals surface area (Å²) in [6.07, 6.45) is 1.48. The molecule has 0 radical (unpaired) electrons. The first-order valence-electron chi connectivity index (χ1n) is 6.89. The maximum absolute atomic E-state index is 12.7. The van der Waals surface area contributed by atoms with Gasteiger partial charge in [-0.2, -0.15) is 4.68 Å². The molecule has 2 heterocycles. The number of rotatable bonds is 4. The molecule has 0 saturated carbocycles. The second-order valence-electron chi connectivity index (χ2n) is 4.90. The summed E-state index contributed by atoms with van der Waals surface area (Å²) in [4.78, 5) is 13.8. The third-order valence-electron chi connectivity index (χ3n) is 3.50. The highest BCUT2D eigenvalue weighted by Crippen LogP contribution is 2.30. The van der Waals surface area contributed by atoms with Crippen molar-refractivity contribution in [2.75, 3.05) is 12.4 Å². The van der Waals surface area contributed by atoms with Crippen LogP contribution in [-0.2, 0) is 0 Å². The Bertz CT molecular complexity index is 824. The van der Waals surface area contributed by atoms with Crippen LogP contribution in [0.15, 0.2) is 30.6 Å². The van der Waals surface area contributed by atoms with Crippen LogP contribution in [0.25, 0.3) is 5.00 Å². The fraction of sp³-hybridized carbons (Fsp3) is 0.200. The number of carbonyl (C=O) groups is 1. The van der Waals surface area contributed by atoms with Crippen molar-refractivity contribution < 1.29 is 9.53 Å². The van der Waals surface area contributed by atoms with E-state index in [1.165, 1.54) is 22.3 Å². The number of ether oxygens (including phenoxy) is 1. The van der Waals surface area contributed by atoms with Crippen LogP contribution in [0.1, 0.15) is 20.8 Å². The number of hydrogen-bond acceptors (Lipinski definition) is 6. The van der Waals surface area contributed by atoms with E-state index in [2.05, 4.69) is 20.8 Å². The molecule has 8 heteroatoms. The van der Waals surface area contributed by atoms with Crippen LogP contribution >= 0.6 is 11.3 Å². The number of aryl methyl sites for hydroxylation is 1. The summed E-state index contributed by atoms with van der Waals surface area (Å²) in [5, 5.41) is 14.8. The summed E-state index contributed by atoms with van der Waals surface area (Å²) < 4.78 is 6.62. The average Bonchev–Trinajstić information content (AvgIpc) is 3.17. The van der Waals surface area contributed by atoms with E-state index >= 15 is 0 Å². The minimum atomic E-state index is -0.192. The largest absolute Gasteiger partial charge is 0.497 e. The van der Waals surface area contributed by atoms with Gasteiger partial charge in [0.1, 0.15) is 17.1 Å². The van der Waals surface area contributed by atoms with Crippen LogP contribution < -0.4 is 10.1 Å². The first-order valence-corrected chi connectivity index (χ1v) is 7.70. The van der Waals surface area contributed by atoms with Crippen LogP contribution in [0.4, 0.5) is 5.69 Å². The molecule has 1 aromatic carbocycles. The Morgan fingerprint density at radius 1 is 1.26 bits per heavy atom. The highest BCUT2D eigenvalue weighted by Gasteiger charge is 2.21. The van der Waals surface area contributed by atoms with E-state index in [1.807, 2.05) is 13.8 Å². The molecule has 23 heavy (non-hydrogen) atoms. The summed E-state index contributed by atoms with van der Waals surface area (Å²) in [7, 11) is 1.60. The number of nitrogens with one attached hydrogen (secondary N) is 1. The lowest BCUT2D eigenvalue weighted by atomic mass is 10.1. The molecule has 0 unspecified atom stereocenters. The van der Waals surface area contributed by atoms with Crippen LogP contribution in [0.3, 0.4) is 0 Å². The molecule has 1 amide bonds. The van der Waals surface area contributed by atoms with E-state index in [4.69, 9.17) is 4.74 Å². The number of hydrogen-bond donors (Lipinski definition) is 1. The van der Waals surface area contributed by atoms with Gasteiger partial charge in [-0.1, -0.05) is 0 Å². The highest BCUT2D eigenvalue weighted by molar-refractivity contribution is 7.15. The molecule has 0 aliphatic heterocycles. The number of nitrogens with zero attached hydrogens (tertiary/aromatic N) is 4. The Hall–Kier alpha value is -2.74. The van der Waals surface area contributed by atoms with Gasteiger partial charge in [0.25, 0.3) is 5.91 Å². The van der Waals surface area contributed by atoms with Crippen LogP contribution in [0.2, 0.25) is 0 Å². The first kappa shape index (κ1) is 15.2. The molecule has 0 aliphatic rings. The molecule has 0 fully saturated rings. The van der Waals surface area contributed by atoms with Gasteiger partial charge in [0.15, 0.2) is 0 Å². The van der Waals surface area contributed by atoms with Crippen molar-refractivity contribution in [1.29, 1.82) is 0 Å². The minimum absolute atomic E-state index is 0.192. The number of methoxy groups -OCH3 is 1. The van der Waals surface area contributed by atoms with Gasteiger partial charge in [0.05, 0.1) is 12.7 Å². The Morgan fingerprint density at radius 2 is 2.00 bits per heavy atom. The molecule has 118 valence electrons. The summed E-state index contributed by atoms with van der Waals surface area (Å²) in [5.41, 5.74) is 2.20. The Labute approximate surface area is 136 Å². The van der Waals surface area contributed by atoms with Gasteiger partial charge in [0.2, 0.25) is 0 Å². The lowest BCUT2D eigenvalue weighted by molar-refractivity contribution is 0.102. The SMILES string of the molecule is COc1ccc(NC(=O)c2c(-n3cnnn3)sc(C)c2C)cc1. The standard InChI is InChI=1S/C15H15N5O2S/c1-9-10(2)23-15(20-8-16-18-19-20)13(9)14(21)17-11-4-6-12(22-3)7-5-11/h4-8H,1-3H3,(H,17,21). The molecule has 0 spiro atoms. The van der Waals surface area contributed by atoms with Gasteiger partial charge < -0.3 is 10.1 Å². The zero-order valence-corrected chi connectivity index (χ0v) is 13.7. The molecule has 0 aliphatic carbocycles. The zero-order chi connectivity index (χ0) is 16.4. The van der Waals surface area contributed by atoms with Gasteiger partial charge >= 0.3 is 0 Å². The van der Waals surface area contributed by atoms with Crippen molar-refractivity contribution in [3.63, 3.8) is 0 Å². The molecule has 3 aromatic rings. The smallest absolute Gasteiger partial charge is 0.259 e. The molecular weight excluding hydrogens is 314 g/mol. The summed E-state index contributed by atoms with van der Waals surface area (Å²) >= 11 is 1.48.